The summed E-state index contributed by atoms with van der Waals surface area (Å²) in [5, 5.41) is 3.32. The molecule has 1 saturated carbocycles. The number of ether oxygens (including phenoxy) is 1. The van der Waals surface area contributed by atoms with Crippen LogP contribution in [0.25, 0.3) is 0 Å². The van der Waals surface area contributed by atoms with Gasteiger partial charge in [-0.2, -0.15) is 0 Å². The van der Waals surface area contributed by atoms with Crippen molar-refractivity contribution < 1.29 is 22.7 Å². The number of benzene rings is 3. The van der Waals surface area contributed by atoms with Crippen LogP contribution in [-0.4, -0.2) is 57.4 Å². The van der Waals surface area contributed by atoms with Gasteiger partial charge >= 0.3 is 0 Å². The van der Waals surface area contributed by atoms with Gasteiger partial charge in [-0.1, -0.05) is 79.4 Å². The molecule has 2 amide bonds. The lowest BCUT2D eigenvalue weighted by atomic mass is 9.95. The van der Waals surface area contributed by atoms with Crippen molar-refractivity contribution in [1.29, 1.82) is 0 Å². The highest BCUT2D eigenvalue weighted by atomic mass is 35.5. The van der Waals surface area contributed by atoms with Crippen LogP contribution in [-0.2, 0) is 26.0 Å². The van der Waals surface area contributed by atoms with Gasteiger partial charge in [0.25, 0.3) is 10.0 Å². The van der Waals surface area contributed by atoms with Crippen LogP contribution in [0.1, 0.15) is 44.6 Å². The van der Waals surface area contributed by atoms with Crippen molar-refractivity contribution in [2.45, 2.75) is 62.4 Å². The molecule has 0 bridgehead atoms. The summed E-state index contributed by atoms with van der Waals surface area (Å²) in [4.78, 5) is 29.0. The number of nitrogens with one attached hydrogen (secondary N) is 1. The minimum Gasteiger partial charge on any atom is -0.495 e. The number of carbonyl (C=O) groups excluding carboxylic acids is 2. The fourth-order valence-corrected chi connectivity index (χ4v) is 6.88. The zero-order valence-electron chi connectivity index (χ0n) is 24.0. The first-order valence-corrected chi connectivity index (χ1v) is 16.1. The smallest absolute Gasteiger partial charge is 0.264 e. The van der Waals surface area contributed by atoms with Crippen molar-refractivity contribution >= 4 is 39.1 Å². The molecule has 0 spiro atoms. The molecule has 0 unspecified atom stereocenters. The van der Waals surface area contributed by atoms with Crippen LogP contribution >= 0.6 is 11.6 Å². The lowest BCUT2D eigenvalue weighted by Crippen LogP contribution is -2.53. The minimum atomic E-state index is -4.17. The van der Waals surface area contributed by atoms with Gasteiger partial charge in [0.05, 0.1) is 22.7 Å². The Bertz CT molecular complexity index is 1450. The zero-order valence-corrected chi connectivity index (χ0v) is 25.6. The van der Waals surface area contributed by atoms with E-state index in [1.807, 2.05) is 30.3 Å². The van der Waals surface area contributed by atoms with Gasteiger partial charge in [0.15, 0.2) is 0 Å². The molecular formula is C32H38ClN3O5S. The van der Waals surface area contributed by atoms with Crippen molar-refractivity contribution in [3.63, 3.8) is 0 Å². The van der Waals surface area contributed by atoms with Crippen molar-refractivity contribution in [2.75, 3.05) is 24.5 Å². The Labute approximate surface area is 253 Å². The Morgan fingerprint density at radius 1 is 0.976 bits per heavy atom. The minimum absolute atomic E-state index is 0.0312. The van der Waals surface area contributed by atoms with Crippen LogP contribution < -0.4 is 14.4 Å². The summed E-state index contributed by atoms with van der Waals surface area (Å²) in [6, 6.07) is 21.4. The van der Waals surface area contributed by atoms with E-state index in [0.29, 0.717) is 12.2 Å². The van der Waals surface area contributed by atoms with E-state index < -0.39 is 28.5 Å². The highest BCUT2D eigenvalue weighted by Crippen LogP contribution is 2.32. The SMILES string of the molecule is COc1ccc(N(CC(=O)N(CCc2ccccc2)[C@H](C)C(=O)NC2CCCCC2)S(=O)(=O)c2ccccc2)cc1Cl. The Morgan fingerprint density at radius 2 is 1.62 bits per heavy atom. The van der Waals surface area contributed by atoms with Crippen LogP contribution in [0.2, 0.25) is 5.02 Å². The molecule has 224 valence electrons. The second kappa shape index (κ2) is 14.6. The topological polar surface area (TPSA) is 96.0 Å². The number of halogens is 1. The molecule has 1 aliphatic rings. The standard InChI is InChI=1S/C32H38ClN3O5S/c1-24(32(38)34-26-14-8-4-9-15-26)35(21-20-25-12-6-3-7-13-25)31(37)23-36(27-18-19-30(41-2)29(33)22-27)42(39,40)28-16-10-5-11-17-28/h3,5-7,10-13,16-19,22,24,26H,4,8-9,14-15,20-21,23H2,1-2H3,(H,34,38)/t24-/m1/s1. The van der Waals surface area contributed by atoms with E-state index in [-0.39, 0.29) is 34.1 Å². The predicted molar refractivity (Wildman–Crippen MR) is 165 cm³/mol. The summed E-state index contributed by atoms with van der Waals surface area (Å²) in [5.74, 6) is -0.363. The molecule has 3 aromatic carbocycles. The summed E-state index contributed by atoms with van der Waals surface area (Å²) in [6.07, 6.45) is 5.62. The normalized spacial score (nSPS) is 14.5. The number of carbonyl (C=O) groups is 2. The van der Waals surface area contributed by atoms with E-state index >= 15 is 0 Å². The number of nitrogens with zero attached hydrogens (tertiary/aromatic N) is 2. The summed E-state index contributed by atoms with van der Waals surface area (Å²) in [7, 11) is -2.70. The summed E-state index contributed by atoms with van der Waals surface area (Å²) in [6.45, 7) is 1.42. The first-order chi connectivity index (χ1) is 20.2. The van der Waals surface area contributed by atoms with Crippen molar-refractivity contribution in [3.05, 3.63) is 89.4 Å². The number of rotatable bonds is 12. The maximum absolute atomic E-state index is 14.1. The summed E-state index contributed by atoms with van der Waals surface area (Å²) >= 11 is 6.38. The first-order valence-electron chi connectivity index (χ1n) is 14.3. The monoisotopic (exact) mass is 611 g/mol. The van der Waals surface area contributed by atoms with Gasteiger partial charge in [-0.15, -0.1) is 0 Å². The fraction of sp³-hybridized carbons (Fsp3) is 0.375. The number of sulfonamides is 1. The zero-order chi connectivity index (χ0) is 30.1. The molecule has 3 aromatic rings. The van der Waals surface area contributed by atoms with E-state index in [4.69, 9.17) is 16.3 Å². The molecule has 0 heterocycles. The van der Waals surface area contributed by atoms with Crippen molar-refractivity contribution in [3.8, 4) is 5.75 Å². The largest absolute Gasteiger partial charge is 0.495 e. The van der Waals surface area contributed by atoms with Gasteiger partial charge < -0.3 is 15.0 Å². The predicted octanol–water partition coefficient (Wildman–Crippen LogP) is 5.45. The maximum Gasteiger partial charge on any atom is 0.264 e. The van der Waals surface area contributed by atoms with Gasteiger partial charge in [-0.05, 0) is 62.1 Å². The van der Waals surface area contributed by atoms with E-state index in [2.05, 4.69) is 5.32 Å². The Morgan fingerprint density at radius 3 is 2.24 bits per heavy atom. The second-order valence-electron chi connectivity index (χ2n) is 10.5. The number of hydrogen-bond donors (Lipinski definition) is 1. The first kappa shape index (κ1) is 31.4. The molecule has 1 atom stereocenters. The van der Waals surface area contributed by atoms with Gasteiger partial charge in [0.2, 0.25) is 11.8 Å². The van der Waals surface area contributed by atoms with Crippen LogP contribution in [0.5, 0.6) is 5.75 Å². The fourth-order valence-electron chi connectivity index (χ4n) is 5.20. The van der Waals surface area contributed by atoms with Crippen LogP contribution in [0.3, 0.4) is 0 Å². The van der Waals surface area contributed by atoms with Crippen LogP contribution in [0.15, 0.2) is 83.8 Å². The highest BCUT2D eigenvalue weighted by molar-refractivity contribution is 7.92. The Kier molecular flexibility index (Phi) is 10.9. The van der Waals surface area contributed by atoms with Gasteiger partial charge in [-0.25, -0.2) is 8.42 Å². The van der Waals surface area contributed by atoms with Crippen LogP contribution in [0, 0.1) is 0 Å². The molecule has 0 aliphatic heterocycles. The third-order valence-corrected chi connectivity index (χ3v) is 9.72. The molecule has 8 nitrogen and oxygen atoms in total. The quantitative estimate of drug-likeness (QED) is 0.294. The van der Waals surface area contributed by atoms with E-state index in [9.17, 15) is 18.0 Å². The average Bonchev–Trinajstić information content (AvgIpc) is 3.01. The molecule has 0 saturated heterocycles. The summed E-state index contributed by atoms with van der Waals surface area (Å²) < 4.78 is 34.1. The molecule has 1 N–H and O–H groups in total. The Balaban J connectivity index is 1.65. The maximum atomic E-state index is 14.1. The molecule has 42 heavy (non-hydrogen) atoms. The van der Waals surface area contributed by atoms with E-state index in [1.165, 1.54) is 30.2 Å². The second-order valence-corrected chi connectivity index (χ2v) is 12.8. The van der Waals surface area contributed by atoms with Gasteiger partial charge in [0.1, 0.15) is 18.3 Å². The highest BCUT2D eigenvalue weighted by Gasteiger charge is 2.33. The van der Waals surface area contributed by atoms with Crippen molar-refractivity contribution in [1.82, 2.24) is 10.2 Å². The lowest BCUT2D eigenvalue weighted by molar-refractivity contribution is -0.139. The third kappa shape index (κ3) is 7.83. The number of hydrogen-bond acceptors (Lipinski definition) is 5. The molecule has 1 fully saturated rings. The van der Waals surface area contributed by atoms with E-state index in [1.54, 1.807) is 37.3 Å². The van der Waals surface area contributed by atoms with Crippen LogP contribution in [0.4, 0.5) is 5.69 Å². The molecule has 1 aliphatic carbocycles. The summed E-state index contributed by atoms with van der Waals surface area (Å²) in [5.41, 5.74) is 1.21. The average molecular weight is 612 g/mol. The molecule has 4 rings (SSSR count). The third-order valence-electron chi connectivity index (χ3n) is 7.64. The number of anilines is 1. The number of amides is 2. The lowest BCUT2D eigenvalue weighted by Gasteiger charge is -2.33. The number of methoxy groups -OCH3 is 1. The molecule has 0 radical (unpaired) electrons. The van der Waals surface area contributed by atoms with Gasteiger partial charge in [-0.3, -0.25) is 13.9 Å². The van der Waals surface area contributed by atoms with E-state index in [0.717, 1.165) is 42.0 Å². The molecule has 10 heteroatoms. The van der Waals surface area contributed by atoms with Crippen molar-refractivity contribution in [2.24, 2.45) is 0 Å². The van der Waals surface area contributed by atoms with Gasteiger partial charge in [0, 0.05) is 12.6 Å². The molecule has 0 aromatic heterocycles. The molecular weight excluding hydrogens is 574 g/mol. The Hall–Kier alpha value is -3.56.